The quantitative estimate of drug-likeness (QED) is 0.536. The lowest BCUT2D eigenvalue weighted by Gasteiger charge is -2.20. The second kappa shape index (κ2) is 2.23. The van der Waals surface area contributed by atoms with Gasteiger partial charge in [-0.25, -0.2) is 0 Å². The number of nitrogens with zero attached hydrogens (tertiary/aromatic N) is 1. The molecule has 2 fully saturated rings. The van der Waals surface area contributed by atoms with Crippen molar-refractivity contribution in [3.05, 3.63) is 0 Å². The number of hydrogen-bond donors (Lipinski definition) is 0. The molecule has 2 bridgehead atoms. The van der Waals surface area contributed by atoms with Gasteiger partial charge in [-0.3, -0.25) is 4.90 Å². The number of fused-ring (bicyclic) bond motifs is 2. The monoisotopic (exact) mass is 139 g/mol. The fraction of sp³-hybridized carbons (Fsp3) is 1.00. The van der Waals surface area contributed by atoms with Gasteiger partial charge >= 0.3 is 0 Å². The average Bonchev–Trinajstić information content (AvgIpc) is 2.42. The molecule has 0 aromatic heterocycles. The van der Waals surface area contributed by atoms with Gasteiger partial charge in [0.2, 0.25) is 0 Å². The number of rotatable bonds is 1. The Morgan fingerprint density at radius 1 is 1.40 bits per heavy atom. The predicted octanol–water partition coefficient (Wildman–Crippen LogP) is 1.88. The van der Waals surface area contributed by atoms with E-state index >= 15 is 0 Å². The molecule has 3 unspecified atom stereocenters. The van der Waals surface area contributed by atoms with Gasteiger partial charge in [-0.2, -0.15) is 0 Å². The van der Waals surface area contributed by atoms with Crippen LogP contribution in [0, 0.1) is 5.92 Å². The fourth-order valence-electron chi connectivity index (χ4n) is 2.91. The largest absolute Gasteiger partial charge is 0.297 e. The smallest absolute Gasteiger partial charge is 0.0125 e. The molecular weight excluding hydrogens is 122 g/mol. The molecule has 1 nitrogen and oxygen atoms in total. The van der Waals surface area contributed by atoms with Crippen LogP contribution in [0.3, 0.4) is 0 Å². The Balaban J connectivity index is 2.11. The van der Waals surface area contributed by atoms with E-state index in [-0.39, 0.29) is 0 Å². The van der Waals surface area contributed by atoms with Crippen molar-refractivity contribution in [3.63, 3.8) is 0 Å². The van der Waals surface area contributed by atoms with Crippen molar-refractivity contribution in [1.29, 1.82) is 0 Å². The van der Waals surface area contributed by atoms with Crippen LogP contribution in [0.2, 0.25) is 0 Å². The first-order valence-corrected chi connectivity index (χ1v) is 4.58. The topological polar surface area (TPSA) is 3.24 Å². The Bertz CT molecular complexity index is 133. The third kappa shape index (κ3) is 0.731. The third-order valence-corrected chi connectivity index (χ3v) is 3.36. The van der Waals surface area contributed by atoms with Crippen LogP contribution in [-0.2, 0) is 0 Å². The van der Waals surface area contributed by atoms with Gasteiger partial charge < -0.3 is 0 Å². The standard InChI is InChI=1S/C9H17N/c1-3-10-8-4-5-9(10)7(2)6-8/h7-9H,3-6H2,1-2H3. The second-order valence-electron chi connectivity index (χ2n) is 3.84. The minimum Gasteiger partial charge on any atom is -0.297 e. The van der Waals surface area contributed by atoms with E-state index in [2.05, 4.69) is 18.7 Å². The molecular formula is C9H17N. The lowest BCUT2D eigenvalue weighted by Crippen LogP contribution is -2.29. The molecule has 58 valence electrons. The van der Waals surface area contributed by atoms with Crippen molar-refractivity contribution in [2.24, 2.45) is 5.92 Å². The Labute approximate surface area is 63.4 Å². The highest BCUT2D eigenvalue weighted by Crippen LogP contribution is 2.40. The van der Waals surface area contributed by atoms with Crippen LogP contribution in [0.4, 0.5) is 0 Å². The molecule has 0 amide bonds. The molecule has 0 aromatic carbocycles. The second-order valence-corrected chi connectivity index (χ2v) is 3.84. The zero-order valence-electron chi connectivity index (χ0n) is 7.01. The van der Waals surface area contributed by atoms with E-state index in [9.17, 15) is 0 Å². The van der Waals surface area contributed by atoms with E-state index < -0.39 is 0 Å². The van der Waals surface area contributed by atoms with Crippen molar-refractivity contribution < 1.29 is 0 Å². The molecule has 2 rings (SSSR count). The van der Waals surface area contributed by atoms with Gasteiger partial charge in [0.05, 0.1) is 0 Å². The van der Waals surface area contributed by atoms with E-state index in [4.69, 9.17) is 0 Å². The van der Waals surface area contributed by atoms with Crippen LogP contribution >= 0.6 is 0 Å². The maximum Gasteiger partial charge on any atom is 0.0125 e. The van der Waals surface area contributed by atoms with Crippen molar-refractivity contribution in [2.45, 2.75) is 45.2 Å². The molecule has 0 radical (unpaired) electrons. The van der Waals surface area contributed by atoms with E-state index in [0.29, 0.717) is 0 Å². The van der Waals surface area contributed by atoms with E-state index in [1.807, 2.05) is 0 Å². The molecule has 1 heteroatoms. The first-order valence-electron chi connectivity index (χ1n) is 4.58. The SMILES string of the molecule is CCN1C2CCC1C(C)C2. The summed E-state index contributed by atoms with van der Waals surface area (Å²) in [4.78, 5) is 2.70. The van der Waals surface area contributed by atoms with Gasteiger partial charge in [-0.05, 0) is 31.7 Å². The molecule has 0 saturated carbocycles. The number of hydrogen-bond acceptors (Lipinski definition) is 1. The Hall–Kier alpha value is -0.0400. The molecule has 0 aliphatic carbocycles. The highest BCUT2D eigenvalue weighted by molar-refractivity contribution is 4.97. The van der Waals surface area contributed by atoms with Gasteiger partial charge in [0.15, 0.2) is 0 Å². The summed E-state index contributed by atoms with van der Waals surface area (Å²) in [5.41, 5.74) is 0. The summed E-state index contributed by atoms with van der Waals surface area (Å²) < 4.78 is 0. The van der Waals surface area contributed by atoms with Gasteiger partial charge in [0.25, 0.3) is 0 Å². The van der Waals surface area contributed by atoms with Crippen LogP contribution in [0.15, 0.2) is 0 Å². The summed E-state index contributed by atoms with van der Waals surface area (Å²) in [6.07, 6.45) is 4.42. The van der Waals surface area contributed by atoms with Gasteiger partial charge in [0, 0.05) is 12.1 Å². The van der Waals surface area contributed by atoms with Gasteiger partial charge in [-0.15, -0.1) is 0 Å². The minimum atomic E-state index is 0.954. The van der Waals surface area contributed by atoms with Crippen molar-refractivity contribution in [2.75, 3.05) is 6.54 Å². The molecule has 3 atom stereocenters. The Morgan fingerprint density at radius 2 is 2.20 bits per heavy atom. The zero-order chi connectivity index (χ0) is 7.14. The van der Waals surface area contributed by atoms with Gasteiger partial charge in [-0.1, -0.05) is 13.8 Å². The third-order valence-electron chi connectivity index (χ3n) is 3.36. The molecule has 10 heavy (non-hydrogen) atoms. The van der Waals surface area contributed by atoms with Crippen molar-refractivity contribution in [1.82, 2.24) is 4.90 Å². The summed E-state index contributed by atoms with van der Waals surface area (Å²) in [5, 5.41) is 0. The van der Waals surface area contributed by atoms with Gasteiger partial charge in [0.1, 0.15) is 0 Å². The normalized spacial score (nSPS) is 46.8. The van der Waals surface area contributed by atoms with Crippen molar-refractivity contribution in [3.8, 4) is 0 Å². The highest BCUT2D eigenvalue weighted by Gasteiger charge is 2.42. The average molecular weight is 139 g/mol. The summed E-state index contributed by atoms with van der Waals surface area (Å²) >= 11 is 0. The van der Waals surface area contributed by atoms with E-state index in [1.54, 1.807) is 0 Å². The first kappa shape index (κ1) is 6.66. The van der Waals surface area contributed by atoms with Crippen molar-refractivity contribution >= 4 is 0 Å². The van der Waals surface area contributed by atoms with E-state index in [1.165, 1.54) is 25.8 Å². The van der Waals surface area contributed by atoms with Crippen LogP contribution < -0.4 is 0 Å². The maximum atomic E-state index is 2.70. The van der Waals surface area contributed by atoms with Crippen LogP contribution in [-0.4, -0.2) is 23.5 Å². The molecule has 0 spiro atoms. The highest BCUT2D eigenvalue weighted by atomic mass is 15.2. The first-order chi connectivity index (χ1) is 4.83. The maximum absolute atomic E-state index is 2.70. The van der Waals surface area contributed by atoms with E-state index in [0.717, 1.165) is 18.0 Å². The Morgan fingerprint density at radius 3 is 2.50 bits per heavy atom. The molecule has 0 N–H and O–H groups in total. The summed E-state index contributed by atoms with van der Waals surface area (Å²) in [7, 11) is 0. The molecule has 2 heterocycles. The molecule has 0 aromatic rings. The van der Waals surface area contributed by atoms with Crippen LogP contribution in [0.5, 0.6) is 0 Å². The lowest BCUT2D eigenvalue weighted by molar-refractivity contribution is 0.253. The lowest BCUT2D eigenvalue weighted by atomic mass is 9.91. The fourth-order valence-corrected chi connectivity index (χ4v) is 2.91. The van der Waals surface area contributed by atoms with Crippen LogP contribution in [0.25, 0.3) is 0 Å². The molecule has 2 aliphatic rings. The molecule has 2 saturated heterocycles. The summed E-state index contributed by atoms with van der Waals surface area (Å²) in [6, 6.07) is 1.92. The minimum absolute atomic E-state index is 0.954. The zero-order valence-corrected chi connectivity index (χ0v) is 7.01. The summed E-state index contributed by atoms with van der Waals surface area (Å²) in [6.45, 7) is 5.98. The predicted molar refractivity (Wildman–Crippen MR) is 43.0 cm³/mol. The van der Waals surface area contributed by atoms with Crippen LogP contribution in [0.1, 0.15) is 33.1 Å². The summed E-state index contributed by atoms with van der Waals surface area (Å²) in [5.74, 6) is 0.985. The molecule has 2 aliphatic heterocycles. The Kier molecular flexibility index (Phi) is 1.48.